The Labute approximate surface area is 149 Å². The molecule has 0 aromatic heterocycles. The minimum Gasteiger partial charge on any atom is -0.318 e. The van der Waals surface area contributed by atoms with Gasteiger partial charge in [0.05, 0.1) is 10.5 Å². The van der Waals surface area contributed by atoms with Gasteiger partial charge in [0.25, 0.3) is 10.0 Å². The van der Waals surface area contributed by atoms with Gasteiger partial charge in [-0.05, 0) is 48.5 Å². The van der Waals surface area contributed by atoms with Gasteiger partial charge in [-0.25, -0.2) is 8.42 Å². The highest BCUT2D eigenvalue weighted by Gasteiger charge is 2.38. The maximum absolute atomic E-state index is 12.5. The number of carbonyl (C=O) groups is 1. The molecular weight excluding hydrogens is 402 g/mol. The van der Waals surface area contributed by atoms with Crippen molar-refractivity contribution < 1.29 is 39.6 Å². The number of rotatable bonds is 4. The summed E-state index contributed by atoms with van der Waals surface area (Å²) in [6.45, 7) is 0. The zero-order chi connectivity index (χ0) is 20.5. The molecule has 0 unspecified atom stereocenters. The summed E-state index contributed by atoms with van der Waals surface area (Å²) in [5.41, 5.74) is -1.39. The largest absolute Gasteiger partial charge is 0.471 e. The van der Waals surface area contributed by atoms with Crippen molar-refractivity contribution in [3.8, 4) is 0 Å². The fourth-order valence-electron chi connectivity index (χ4n) is 1.86. The van der Waals surface area contributed by atoms with Crippen LogP contribution in [0.3, 0.4) is 0 Å². The number of nitrogens with one attached hydrogen (secondary N) is 2. The maximum atomic E-state index is 12.5. The van der Waals surface area contributed by atoms with Crippen LogP contribution >= 0.6 is 0 Å². The average Bonchev–Trinajstić information content (AvgIpc) is 2.53. The van der Waals surface area contributed by atoms with Gasteiger partial charge < -0.3 is 5.32 Å². The summed E-state index contributed by atoms with van der Waals surface area (Å²) in [6, 6.07) is 6.94. The Morgan fingerprint density at radius 3 is 1.70 bits per heavy atom. The fraction of sp³-hybridized carbons (Fsp3) is 0.133. The van der Waals surface area contributed by atoms with E-state index in [-0.39, 0.29) is 16.3 Å². The standard InChI is InChI=1S/C15H10F6N2O3S/c16-14(17,18)9-1-3-11(4-2-9)23-27(25,26)12-7-5-10(6-8-12)22-13(24)15(19,20)21/h1-8,23H,(H,22,24). The summed E-state index contributed by atoms with van der Waals surface area (Å²) in [5, 5.41) is 1.54. The lowest BCUT2D eigenvalue weighted by Gasteiger charge is -2.11. The molecular formula is C15H10F6N2O3S. The number of amides is 1. The van der Waals surface area contributed by atoms with Gasteiger partial charge in [-0.1, -0.05) is 0 Å². The van der Waals surface area contributed by atoms with Crippen molar-refractivity contribution in [2.45, 2.75) is 17.2 Å². The summed E-state index contributed by atoms with van der Waals surface area (Å²) in [5.74, 6) is -2.22. The SMILES string of the molecule is O=C(Nc1ccc(S(=O)(=O)Nc2ccc(C(F)(F)F)cc2)cc1)C(F)(F)F. The van der Waals surface area contributed by atoms with Crippen LogP contribution < -0.4 is 10.0 Å². The minimum atomic E-state index is -5.10. The van der Waals surface area contributed by atoms with E-state index >= 15 is 0 Å². The van der Waals surface area contributed by atoms with Gasteiger partial charge in [0, 0.05) is 11.4 Å². The van der Waals surface area contributed by atoms with Gasteiger partial charge in [-0.15, -0.1) is 0 Å². The molecule has 5 nitrogen and oxygen atoms in total. The first-order valence-electron chi connectivity index (χ1n) is 6.97. The topological polar surface area (TPSA) is 75.3 Å². The molecule has 2 aromatic rings. The van der Waals surface area contributed by atoms with Gasteiger partial charge in [0.1, 0.15) is 0 Å². The Kier molecular flexibility index (Phi) is 5.40. The van der Waals surface area contributed by atoms with Crippen LogP contribution in [0.4, 0.5) is 37.7 Å². The lowest BCUT2D eigenvalue weighted by atomic mass is 10.2. The van der Waals surface area contributed by atoms with E-state index in [0.29, 0.717) is 12.1 Å². The molecule has 0 aliphatic rings. The van der Waals surface area contributed by atoms with Crippen LogP contribution in [-0.2, 0) is 21.0 Å². The van der Waals surface area contributed by atoms with E-state index in [4.69, 9.17) is 0 Å². The van der Waals surface area contributed by atoms with E-state index in [1.165, 1.54) is 0 Å². The Hall–Kier alpha value is -2.76. The number of anilines is 2. The lowest BCUT2D eigenvalue weighted by Crippen LogP contribution is -2.29. The summed E-state index contributed by atoms with van der Waals surface area (Å²) >= 11 is 0. The highest BCUT2D eigenvalue weighted by atomic mass is 32.2. The third-order valence-corrected chi connectivity index (χ3v) is 4.54. The van der Waals surface area contributed by atoms with Crippen molar-refractivity contribution in [1.82, 2.24) is 0 Å². The van der Waals surface area contributed by atoms with E-state index < -0.39 is 33.8 Å². The molecule has 0 aliphatic heterocycles. The maximum Gasteiger partial charge on any atom is 0.471 e. The number of benzene rings is 2. The molecule has 0 atom stereocenters. The molecule has 0 heterocycles. The predicted octanol–water partition coefficient (Wildman–Crippen LogP) is 4.01. The molecule has 0 radical (unpaired) electrons. The zero-order valence-corrected chi connectivity index (χ0v) is 13.8. The van der Waals surface area contributed by atoms with Crippen LogP contribution in [0.25, 0.3) is 0 Å². The second kappa shape index (κ2) is 7.10. The number of carbonyl (C=O) groups excluding carboxylic acids is 1. The molecule has 2 aromatic carbocycles. The highest BCUT2D eigenvalue weighted by molar-refractivity contribution is 7.92. The summed E-state index contributed by atoms with van der Waals surface area (Å²) in [6.07, 6.45) is -9.68. The van der Waals surface area contributed by atoms with Crippen molar-refractivity contribution in [2.75, 3.05) is 10.0 Å². The Morgan fingerprint density at radius 1 is 0.778 bits per heavy atom. The number of hydrogen-bond donors (Lipinski definition) is 2. The van der Waals surface area contributed by atoms with Crippen LogP contribution in [0.15, 0.2) is 53.4 Å². The van der Waals surface area contributed by atoms with Crippen LogP contribution in [-0.4, -0.2) is 20.5 Å². The van der Waals surface area contributed by atoms with Crippen molar-refractivity contribution in [3.63, 3.8) is 0 Å². The molecule has 27 heavy (non-hydrogen) atoms. The Bertz CT molecular complexity index is 920. The molecule has 0 fully saturated rings. The molecule has 0 saturated carbocycles. The van der Waals surface area contributed by atoms with Gasteiger partial charge >= 0.3 is 18.3 Å². The van der Waals surface area contributed by atoms with Gasteiger partial charge in [0.15, 0.2) is 0 Å². The molecule has 0 spiro atoms. The molecule has 2 N–H and O–H groups in total. The highest BCUT2D eigenvalue weighted by Crippen LogP contribution is 2.30. The van der Waals surface area contributed by atoms with Gasteiger partial charge in [0.2, 0.25) is 0 Å². The molecule has 2 rings (SSSR count). The quantitative estimate of drug-likeness (QED) is 0.746. The number of hydrogen-bond acceptors (Lipinski definition) is 3. The third-order valence-electron chi connectivity index (χ3n) is 3.14. The van der Waals surface area contributed by atoms with E-state index in [1.54, 1.807) is 5.32 Å². The van der Waals surface area contributed by atoms with Crippen LogP contribution in [0.1, 0.15) is 5.56 Å². The van der Waals surface area contributed by atoms with Crippen molar-refractivity contribution >= 4 is 27.3 Å². The van der Waals surface area contributed by atoms with Gasteiger partial charge in [-0.2, -0.15) is 26.3 Å². The van der Waals surface area contributed by atoms with Crippen molar-refractivity contribution in [2.24, 2.45) is 0 Å². The first-order valence-corrected chi connectivity index (χ1v) is 8.46. The molecule has 1 amide bonds. The number of alkyl halides is 6. The second-order valence-electron chi connectivity index (χ2n) is 5.16. The van der Waals surface area contributed by atoms with E-state index in [1.807, 2.05) is 4.72 Å². The van der Waals surface area contributed by atoms with Crippen molar-refractivity contribution in [1.29, 1.82) is 0 Å². The Balaban J connectivity index is 2.14. The number of sulfonamides is 1. The molecule has 0 saturated heterocycles. The van der Waals surface area contributed by atoms with E-state index in [2.05, 4.69) is 0 Å². The van der Waals surface area contributed by atoms with Crippen LogP contribution in [0.2, 0.25) is 0 Å². The van der Waals surface area contributed by atoms with E-state index in [9.17, 15) is 39.6 Å². The average molecular weight is 412 g/mol. The molecule has 0 aliphatic carbocycles. The Morgan fingerprint density at radius 2 is 1.26 bits per heavy atom. The van der Waals surface area contributed by atoms with Crippen LogP contribution in [0.5, 0.6) is 0 Å². The van der Waals surface area contributed by atoms with Crippen molar-refractivity contribution in [3.05, 3.63) is 54.1 Å². The molecule has 146 valence electrons. The van der Waals surface area contributed by atoms with Gasteiger partial charge in [-0.3, -0.25) is 9.52 Å². The normalized spacial score (nSPS) is 12.5. The predicted molar refractivity (Wildman–Crippen MR) is 83.4 cm³/mol. The number of halogens is 6. The summed E-state index contributed by atoms with van der Waals surface area (Å²) in [4.78, 5) is 10.4. The molecule has 12 heteroatoms. The molecule has 0 bridgehead atoms. The summed E-state index contributed by atoms with van der Waals surface area (Å²) < 4.78 is 100. The first kappa shape index (κ1) is 20.6. The summed E-state index contributed by atoms with van der Waals surface area (Å²) in [7, 11) is -4.20. The monoisotopic (exact) mass is 412 g/mol. The fourth-order valence-corrected chi connectivity index (χ4v) is 2.92. The van der Waals surface area contributed by atoms with E-state index in [0.717, 1.165) is 36.4 Å². The smallest absolute Gasteiger partial charge is 0.318 e. The van der Waals surface area contributed by atoms with Crippen LogP contribution in [0, 0.1) is 0 Å². The minimum absolute atomic E-state index is 0.141. The lowest BCUT2D eigenvalue weighted by molar-refractivity contribution is -0.167. The first-order chi connectivity index (χ1) is 12.3. The zero-order valence-electron chi connectivity index (χ0n) is 13.0. The third kappa shape index (κ3) is 5.36. The second-order valence-corrected chi connectivity index (χ2v) is 6.84.